The molecule has 0 saturated carbocycles. The van der Waals surface area contributed by atoms with Crippen LogP contribution in [0.4, 0.5) is 22.0 Å². The normalized spacial score (nSPS) is 12.9. The van der Waals surface area contributed by atoms with Gasteiger partial charge in [-0.2, -0.15) is 13.2 Å². The van der Waals surface area contributed by atoms with Gasteiger partial charge in [-0.15, -0.1) is 0 Å². The highest BCUT2D eigenvalue weighted by molar-refractivity contribution is 5.94. The molecule has 8 heteroatoms. The fraction of sp³-hybridized carbons (Fsp3) is 0.417. The lowest BCUT2D eigenvalue weighted by molar-refractivity contribution is -0.195. The number of carbonyl (C=O) groups excluding carboxylic acids is 1. The lowest BCUT2D eigenvalue weighted by Crippen LogP contribution is -2.33. The first-order chi connectivity index (χ1) is 9.20. The Kier molecular flexibility index (Phi) is 4.91. The number of carbonyl (C=O) groups is 1. The second-order valence-electron chi connectivity index (χ2n) is 3.90. The van der Waals surface area contributed by atoms with E-state index in [9.17, 15) is 26.7 Å². The Bertz CT molecular complexity index is 478. The van der Waals surface area contributed by atoms with Crippen LogP contribution in [0.1, 0.15) is 23.7 Å². The number of alkyl halides is 3. The molecule has 1 N–H and O–H groups in total. The maximum absolute atomic E-state index is 13.5. The van der Waals surface area contributed by atoms with Gasteiger partial charge in [-0.25, -0.2) is 8.78 Å². The van der Waals surface area contributed by atoms with E-state index in [1.54, 1.807) is 0 Å². The Morgan fingerprint density at radius 2 is 1.80 bits per heavy atom. The summed E-state index contributed by atoms with van der Waals surface area (Å²) in [6.45, 7) is 1.23. The minimum Gasteiger partial charge on any atom is -0.481 e. The zero-order valence-corrected chi connectivity index (χ0v) is 10.6. The standard InChI is InChI=1S/C12H12F5NO2/c1-3-9(12(15,16)17)20-6-4-7(13)10(8(14)5-6)11(19)18-2/h4-5,9H,3H2,1-2H3,(H,18,19). The van der Waals surface area contributed by atoms with Crippen molar-refractivity contribution in [2.45, 2.75) is 25.6 Å². The zero-order valence-electron chi connectivity index (χ0n) is 10.6. The monoisotopic (exact) mass is 297 g/mol. The highest BCUT2D eigenvalue weighted by Crippen LogP contribution is 2.29. The van der Waals surface area contributed by atoms with Crippen molar-refractivity contribution >= 4 is 5.91 Å². The maximum Gasteiger partial charge on any atom is 0.425 e. The summed E-state index contributed by atoms with van der Waals surface area (Å²) in [5.41, 5.74) is -0.875. The lowest BCUT2D eigenvalue weighted by atomic mass is 10.1. The molecular weight excluding hydrogens is 285 g/mol. The van der Waals surface area contributed by atoms with Gasteiger partial charge in [-0.05, 0) is 6.42 Å². The number of hydrogen-bond acceptors (Lipinski definition) is 2. The third kappa shape index (κ3) is 3.58. The van der Waals surface area contributed by atoms with Crippen LogP contribution in [0, 0.1) is 11.6 Å². The maximum atomic E-state index is 13.5. The molecule has 1 unspecified atom stereocenters. The van der Waals surface area contributed by atoms with Gasteiger partial charge in [-0.3, -0.25) is 4.79 Å². The van der Waals surface area contributed by atoms with Crippen LogP contribution < -0.4 is 10.1 Å². The molecule has 1 aromatic rings. The minimum atomic E-state index is -4.65. The molecule has 3 nitrogen and oxygen atoms in total. The molecule has 112 valence electrons. The van der Waals surface area contributed by atoms with E-state index < -0.39 is 47.6 Å². The van der Waals surface area contributed by atoms with Gasteiger partial charge in [0.2, 0.25) is 0 Å². The van der Waals surface area contributed by atoms with Crippen LogP contribution in [0.5, 0.6) is 5.75 Å². The largest absolute Gasteiger partial charge is 0.481 e. The van der Waals surface area contributed by atoms with Gasteiger partial charge in [0.05, 0.1) is 0 Å². The van der Waals surface area contributed by atoms with Gasteiger partial charge < -0.3 is 10.1 Å². The Morgan fingerprint density at radius 1 is 1.30 bits per heavy atom. The summed E-state index contributed by atoms with van der Waals surface area (Å²) < 4.78 is 69.1. The second-order valence-corrected chi connectivity index (χ2v) is 3.90. The number of amides is 1. The van der Waals surface area contributed by atoms with Gasteiger partial charge in [-0.1, -0.05) is 6.92 Å². The Hall–Kier alpha value is -1.86. The van der Waals surface area contributed by atoms with Crippen molar-refractivity contribution in [3.05, 3.63) is 29.3 Å². The van der Waals surface area contributed by atoms with Gasteiger partial charge >= 0.3 is 6.18 Å². The van der Waals surface area contributed by atoms with Crippen molar-refractivity contribution in [1.29, 1.82) is 0 Å². The molecule has 20 heavy (non-hydrogen) atoms. The topological polar surface area (TPSA) is 38.3 Å². The average Bonchev–Trinajstić information content (AvgIpc) is 2.33. The molecule has 0 radical (unpaired) electrons. The van der Waals surface area contributed by atoms with Crippen LogP contribution in [-0.4, -0.2) is 25.2 Å². The van der Waals surface area contributed by atoms with Crippen LogP contribution in [-0.2, 0) is 0 Å². The van der Waals surface area contributed by atoms with E-state index in [1.165, 1.54) is 14.0 Å². The van der Waals surface area contributed by atoms with Crippen molar-refractivity contribution in [3.63, 3.8) is 0 Å². The van der Waals surface area contributed by atoms with E-state index in [-0.39, 0.29) is 0 Å². The van der Waals surface area contributed by atoms with Crippen LogP contribution in [0.3, 0.4) is 0 Å². The smallest absolute Gasteiger partial charge is 0.425 e. The van der Waals surface area contributed by atoms with Gasteiger partial charge in [0.25, 0.3) is 5.91 Å². The molecule has 1 rings (SSSR count). The van der Waals surface area contributed by atoms with Gasteiger partial charge in [0.15, 0.2) is 6.10 Å². The summed E-state index contributed by atoms with van der Waals surface area (Å²) in [6, 6.07) is 1.09. The van der Waals surface area contributed by atoms with Crippen molar-refractivity contribution in [2.24, 2.45) is 0 Å². The fourth-order valence-corrected chi connectivity index (χ4v) is 1.51. The summed E-state index contributed by atoms with van der Waals surface area (Å²) in [7, 11) is 1.17. The van der Waals surface area contributed by atoms with Crippen LogP contribution in [0.2, 0.25) is 0 Å². The van der Waals surface area contributed by atoms with Crippen LogP contribution in [0.15, 0.2) is 12.1 Å². The van der Waals surface area contributed by atoms with Crippen molar-refractivity contribution in [3.8, 4) is 5.75 Å². The van der Waals surface area contributed by atoms with Crippen molar-refractivity contribution in [1.82, 2.24) is 5.32 Å². The fourth-order valence-electron chi connectivity index (χ4n) is 1.51. The summed E-state index contributed by atoms with van der Waals surface area (Å²) in [5, 5.41) is 2.02. The van der Waals surface area contributed by atoms with Crippen LogP contribution in [0.25, 0.3) is 0 Å². The number of benzene rings is 1. The van der Waals surface area contributed by atoms with E-state index in [2.05, 4.69) is 4.74 Å². The molecule has 0 aliphatic rings. The number of ether oxygens (including phenoxy) is 1. The van der Waals surface area contributed by atoms with E-state index >= 15 is 0 Å². The Balaban J connectivity index is 3.08. The predicted molar refractivity (Wildman–Crippen MR) is 60.5 cm³/mol. The molecule has 1 aromatic carbocycles. The molecule has 0 spiro atoms. The molecule has 0 bridgehead atoms. The first kappa shape index (κ1) is 16.2. The van der Waals surface area contributed by atoms with E-state index in [0.29, 0.717) is 12.1 Å². The average molecular weight is 297 g/mol. The summed E-state index contributed by atoms with van der Waals surface area (Å²) in [6.07, 6.45) is -7.24. The quantitative estimate of drug-likeness (QED) is 0.868. The third-order valence-electron chi connectivity index (χ3n) is 2.48. The van der Waals surface area contributed by atoms with Crippen molar-refractivity contribution in [2.75, 3.05) is 7.05 Å². The van der Waals surface area contributed by atoms with Gasteiger partial charge in [0.1, 0.15) is 22.9 Å². The predicted octanol–water partition coefficient (Wildman–Crippen LogP) is 3.04. The first-order valence-electron chi connectivity index (χ1n) is 5.65. The molecule has 0 aliphatic carbocycles. The number of halogens is 5. The highest BCUT2D eigenvalue weighted by Gasteiger charge is 2.40. The molecule has 0 heterocycles. The highest BCUT2D eigenvalue weighted by atomic mass is 19.4. The van der Waals surface area contributed by atoms with Crippen molar-refractivity contribution < 1.29 is 31.5 Å². The number of hydrogen-bond donors (Lipinski definition) is 1. The summed E-state index contributed by atoms with van der Waals surface area (Å²) >= 11 is 0. The Morgan fingerprint density at radius 3 is 2.15 bits per heavy atom. The molecular formula is C12H12F5NO2. The molecule has 0 aliphatic heterocycles. The van der Waals surface area contributed by atoms with E-state index in [4.69, 9.17) is 0 Å². The lowest BCUT2D eigenvalue weighted by Gasteiger charge is -2.20. The SMILES string of the molecule is CCC(Oc1cc(F)c(C(=O)NC)c(F)c1)C(F)(F)F. The Labute approximate surface area is 111 Å². The molecule has 0 saturated heterocycles. The van der Waals surface area contributed by atoms with Gasteiger partial charge in [0, 0.05) is 19.2 Å². The zero-order chi connectivity index (χ0) is 15.5. The summed E-state index contributed by atoms with van der Waals surface area (Å²) in [5.74, 6) is -4.24. The second kappa shape index (κ2) is 6.06. The molecule has 0 aromatic heterocycles. The number of nitrogens with one attached hydrogen (secondary N) is 1. The molecule has 0 fully saturated rings. The van der Waals surface area contributed by atoms with E-state index in [1.807, 2.05) is 5.32 Å². The van der Waals surface area contributed by atoms with Crippen LogP contribution >= 0.6 is 0 Å². The summed E-state index contributed by atoms with van der Waals surface area (Å²) in [4.78, 5) is 11.2. The van der Waals surface area contributed by atoms with E-state index in [0.717, 1.165) is 0 Å². The molecule has 1 amide bonds. The molecule has 1 atom stereocenters. The number of rotatable bonds is 4. The minimum absolute atomic E-state index is 0.413. The third-order valence-corrected chi connectivity index (χ3v) is 2.48. The first-order valence-corrected chi connectivity index (χ1v) is 5.65.